The first-order chi connectivity index (χ1) is 22.8. The van der Waals surface area contributed by atoms with Crippen LogP contribution in [0.3, 0.4) is 0 Å². The number of amides is 2. The monoisotopic (exact) mass is 644 g/mol. The number of nitrogens with zero attached hydrogens (tertiary/aromatic N) is 6. The number of hydroxylamine groups is 1. The molecule has 47 heavy (non-hydrogen) atoms. The van der Waals surface area contributed by atoms with Crippen molar-refractivity contribution < 1.29 is 23.6 Å². The van der Waals surface area contributed by atoms with E-state index in [0.717, 1.165) is 63.4 Å². The molecule has 3 fully saturated rings. The van der Waals surface area contributed by atoms with Gasteiger partial charge in [0.2, 0.25) is 11.8 Å². The Morgan fingerprint density at radius 1 is 1.02 bits per heavy atom. The third-order valence-electron chi connectivity index (χ3n) is 9.12. The Morgan fingerprint density at radius 2 is 1.81 bits per heavy atom. The molecule has 13 heteroatoms. The van der Waals surface area contributed by atoms with Crippen molar-refractivity contribution in [3.63, 3.8) is 0 Å². The van der Waals surface area contributed by atoms with Gasteiger partial charge < -0.3 is 25.2 Å². The second kappa shape index (κ2) is 14.3. The summed E-state index contributed by atoms with van der Waals surface area (Å²) in [7, 11) is 1.60. The second-order valence-electron chi connectivity index (χ2n) is 11.9. The number of piperidine rings is 1. The highest BCUT2D eigenvalue weighted by atomic mass is 19.1. The number of aromatic nitrogens is 2. The summed E-state index contributed by atoms with van der Waals surface area (Å²) in [6, 6.07) is 12.3. The molecule has 2 amide bonds. The highest BCUT2D eigenvalue weighted by molar-refractivity contribution is 6.02. The number of carbonyl (C=O) groups excluding carboxylic acids is 2. The molecule has 2 aromatic carbocycles. The number of methoxy groups -OCH3 is 1. The van der Waals surface area contributed by atoms with E-state index in [-0.39, 0.29) is 23.7 Å². The van der Waals surface area contributed by atoms with Gasteiger partial charge in [-0.1, -0.05) is 18.7 Å². The fourth-order valence-corrected chi connectivity index (χ4v) is 6.64. The van der Waals surface area contributed by atoms with Crippen molar-refractivity contribution in [2.24, 2.45) is 0 Å². The van der Waals surface area contributed by atoms with Gasteiger partial charge in [-0.2, -0.15) is 0 Å². The van der Waals surface area contributed by atoms with Crippen LogP contribution < -0.4 is 25.3 Å². The molecule has 0 aliphatic carbocycles. The molecule has 2 N–H and O–H groups in total. The third kappa shape index (κ3) is 7.31. The van der Waals surface area contributed by atoms with E-state index in [1.54, 1.807) is 31.2 Å². The average molecular weight is 645 g/mol. The number of carbonyl (C=O) groups is 2. The van der Waals surface area contributed by atoms with Gasteiger partial charge in [-0.3, -0.25) is 19.3 Å². The van der Waals surface area contributed by atoms with Crippen LogP contribution in [0.25, 0.3) is 0 Å². The molecule has 6 rings (SSSR count). The SMILES string of the molecule is C=CC(=O)Nc1cc(Nc2cc(N3OCCC3c3cccc(F)c3)ncn2)c(OC)cc1N1CCC(N2CCN(C(C)=O)CC2)CC1. The maximum Gasteiger partial charge on any atom is 0.247 e. The number of hydrogen-bond donors (Lipinski definition) is 2. The minimum Gasteiger partial charge on any atom is -0.494 e. The van der Waals surface area contributed by atoms with E-state index in [0.29, 0.717) is 47.8 Å². The van der Waals surface area contributed by atoms with Crippen LogP contribution in [-0.2, 0) is 14.4 Å². The van der Waals surface area contributed by atoms with Gasteiger partial charge in [-0.25, -0.2) is 19.4 Å². The van der Waals surface area contributed by atoms with Crippen LogP contribution in [0, 0.1) is 5.82 Å². The fraction of sp³-hybridized carbons (Fsp3) is 0.412. The minimum absolute atomic E-state index is 0.135. The summed E-state index contributed by atoms with van der Waals surface area (Å²) in [4.78, 5) is 45.7. The van der Waals surface area contributed by atoms with E-state index in [4.69, 9.17) is 9.57 Å². The molecule has 0 saturated carbocycles. The molecular weight excluding hydrogens is 603 g/mol. The van der Waals surface area contributed by atoms with Crippen LogP contribution in [-0.4, -0.2) is 90.6 Å². The normalized spacial score (nSPS) is 19.0. The first-order valence-corrected chi connectivity index (χ1v) is 16.0. The summed E-state index contributed by atoms with van der Waals surface area (Å²) in [6.07, 6.45) is 5.31. The molecular formula is C34H41FN8O4. The Bertz CT molecular complexity index is 1610. The lowest BCUT2D eigenvalue weighted by atomic mass is 10.0. The second-order valence-corrected chi connectivity index (χ2v) is 11.9. The van der Waals surface area contributed by atoms with E-state index in [1.165, 1.54) is 24.5 Å². The van der Waals surface area contributed by atoms with Gasteiger partial charge >= 0.3 is 0 Å². The quantitative estimate of drug-likeness (QED) is 0.323. The average Bonchev–Trinajstić information content (AvgIpc) is 3.59. The largest absolute Gasteiger partial charge is 0.494 e. The number of benzene rings is 2. The van der Waals surface area contributed by atoms with Crippen molar-refractivity contribution in [3.8, 4) is 5.75 Å². The van der Waals surface area contributed by atoms with Crippen molar-refractivity contribution in [2.45, 2.75) is 38.3 Å². The van der Waals surface area contributed by atoms with Gasteiger partial charge in [-0.15, -0.1) is 0 Å². The first-order valence-electron chi connectivity index (χ1n) is 16.0. The summed E-state index contributed by atoms with van der Waals surface area (Å²) in [5.74, 6) is 1.10. The smallest absolute Gasteiger partial charge is 0.247 e. The highest BCUT2D eigenvalue weighted by Crippen LogP contribution is 2.40. The topological polar surface area (TPSA) is 115 Å². The summed E-state index contributed by atoms with van der Waals surface area (Å²) in [6.45, 7) is 10.7. The van der Waals surface area contributed by atoms with Gasteiger partial charge in [0.1, 0.15) is 23.7 Å². The molecule has 0 spiro atoms. The zero-order chi connectivity index (χ0) is 32.9. The lowest BCUT2D eigenvalue weighted by Crippen LogP contribution is -2.54. The number of ether oxygens (including phenoxy) is 1. The molecule has 3 aliphatic rings. The molecule has 0 bridgehead atoms. The number of piperazine rings is 1. The molecule has 12 nitrogen and oxygen atoms in total. The van der Waals surface area contributed by atoms with Gasteiger partial charge in [0, 0.05) is 70.8 Å². The molecule has 1 atom stereocenters. The van der Waals surface area contributed by atoms with Crippen molar-refractivity contribution in [1.82, 2.24) is 19.8 Å². The number of anilines is 5. The van der Waals surface area contributed by atoms with E-state index < -0.39 is 0 Å². The number of nitrogens with one attached hydrogen (secondary N) is 2. The Kier molecular flexibility index (Phi) is 9.83. The summed E-state index contributed by atoms with van der Waals surface area (Å²) >= 11 is 0. The van der Waals surface area contributed by atoms with E-state index >= 15 is 0 Å². The van der Waals surface area contributed by atoms with Crippen molar-refractivity contribution in [3.05, 3.63) is 72.8 Å². The van der Waals surface area contributed by atoms with Crippen molar-refractivity contribution in [2.75, 3.05) is 73.6 Å². The molecule has 3 aliphatic heterocycles. The molecule has 3 saturated heterocycles. The molecule has 4 heterocycles. The minimum atomic E-state index is -0.320. The lowest BCUT2D eigenvalue weighted by molar-refractivity contribution is -0.131. The van der Waals surface area contributed by atoms with Crippen LogP contribution in [0.4, 0.5) is 33.1 Å². The van der Waals surface area contributed by atoms with Crippen LogP contribution in [0.15, 0.2) is 61.4 Å². The van der Waals surface area contributed by atoms with Crippen molar-refractivity contribution >= 4 is 40.5 Å². The molecule has 3 aromatic rings. The van der Waals surface area contributed by atoms with Gasteiger partial charge in [0.25, 0.3) is 0 Å². The number of halogens is 1. The summed E-state index contributed by atoms with van der Waals surface area (Å²) in [5, 5.41) is 7.99. The van der Waals surface area contributed by atoms with Gasteiger partial charge in [-0.05, 0) is 42.7 Å². The summed E-state index contributed by atoms with van der Waals surface area (Å²) < 4.78 is 19.8. The Morgan fingerprint density at radius 3 is 2.51 bits per heavy atom. The standard InChI is InChI=1S/C34H41FN8O4/c1-4-34(45)39-27-19-28(38-32-21-33(37-22-36-32)43-29(10-17-47-43)24-6-5-7-25(35)18-24)31(46-3)20-30(27)42-11-8-26(9-12-42)41-15-13-40(14-16-41)23(2)44/h4-7,18-22,26,29H,1,8-17H2,2-3H3,(H,39,45)(H,36,37,38). The first kappa shape index (κ1) is 32.2. The molecule has 1 unspecified atom stereocenters. The molecule has 1 aromatic heterocycles. The summed E-state index contributed by atoms with van der Waals surface area (Å²) in [5.41, 5.74) is 2.88. The zero-order valence-electron chi connectivity index (χ0n) is 26.8. The predicted octanol–water partition coefficient (Wildman–Crippen LogP) is 4.51. The predicted molar refractivity (Wildman–Crippen MR) is 178 cm³/mol. The fourth-order valence-electron chi connectivity index (χ4n) is 6.64. The molecule has 248 valence electrons. The van der Waals surface area contributed by atoms with Crippen molar-refractivity contribution in [1.29, 1.82) is 0 Å². The van der Waals surface area contributed by atoms with Gasteiger partial charge in [0.15, 0.2) is 5.82 Å². The highest BCUT2D eigenvalue weighted by Gasteiger charge is 2.31. The van der Waals surface area contributed by atoms with E-state index in [1.807, 2.05) is 23.1 Å². The maximum absolute atomic E-state index is 14.0. The van der Waals surface area contributed by atoms with Gasteiger partial charge in [0.05, 0.1) is 36.8 Å². The van der Waals surface area contributed by atoms with E-state index in [9.17, 15) is 14.0 Å². The Hall–Kier alpha value is -4.75. The van der Waals surface area contributed by atoms with Crippen LogP contribution in [0.1, 0.15) is 37.8 Å². The molecule has 0 radical (unpaired) electrons. The van der Waals surface area contributed by atoms with E-state index in [2.05, 4.69) is 37.0 Å². The van der Waals surface area contributed by atoms with Crippen LogP contribution in [0.2, 0.25) is 0 Å². The van der Waals surface area contributed by atoms with Crippen LogP contribution >= 0.6 is 0 Å². The maximum atomic E-state index is 14.0. The third-order valence-corrected chi connectivity index (χ3v) is 9.12. The lowest BCUT2D eigenvalue weighted by Gasteiger charge is -2.43. The van der Waals surface area contributed by atoms with Crippen LogP contribution in [0.5, 0.6) is 5.75 Å². The number of rotatable bonds is 9. The Balaban J connectivity index is 1.20. The zero-order valence-corrected chi connectivity index (χ0v) is 26.8. The Labute approximate surface area is 274 Å². The number of hydrogen-bond acceptors (Lipinski definition) is 10.